The first-order valence-corrected chi connectivity index (χ1v) is 12.3. The van der Waals surface area contributed by atoms with Crippen LogP contribution in [0.4, 0.5) is 0 Å². The van der Waals surface area contributed by atoms with Crippen molar-refractivity contribution in [2.75, 3.05) is 13.2 Å². The number of esters is 1. The monoisotopic (exact) mass is 464 g/mol. The molecular formula is C26H37ClO5. The van der Waals surface area contributed by atoms with Gasteiger partial charge in [-0.3, -0.25) is 9.59 Å². The van der Waals surface area contributed by atoms with E-state index in [9.17, 15) is 14.7 Å². The number of aliphatic hydroxyl groups is 2. The van der Waals surface area contributed by atoms with Gasteiger partial charge in [0.1, 0.15) is 6.61 Å². The molecule has 2 N–H and O–H groups in total. The average Bonchev–Trinajstić information content (AvgIpc) is 3.07. The molecule has 178 valence electrons. The van der Waals surface area contributed by atoms with Crippen molar-refractivity contribution in [3.8, 4) is 0 Å². The molecule has 1 aliphatic rings. The number of hydrogen-bond donors (Lipinski definition) is 2. The van der Waals surface area contributed by atoms with E-state index in [1.165, 1.54) is 0 Å². The normalized spacial score (nSPS) is 23.0. The Labute approximate surface area is 196 Å². The fourth-order valence-corrected chi connectivity index (χ4v) is 4.81. The largest absolute Gasteiger partial charge is 0.463 e. The Bertz CT molecular complexity index is 730. The first-order valence-electron chi connectivity index (χ1n) is 11.8. The van der Waals surface area contributed by atoms with Gasteiger partial charge in [0.2, 0.25) is 0 Å². The number of carbonyl (C=O) groups is 2. The number of ketones is 1. The highest BCUT2D eigenvalue weighted by atomic mass is 35.5. The van der Waals surface area contributed by atoms with Gasteiger partial charge in [-0.15, -0.1) is 11.6 Å². The number of ether oxygens (including phenoxy) is 1. The topological polar surface area (TPSA) is 83.8 Å². The van der Waals surface area contributed by atoms with Crippen LogP contribution >= 0.6 is 11.6 Å². The predicted octanol–water partition coefficient (Wildman–Crippen LogP) is 5.17. The maximum atomic E-state index is 12.3. The number of alkyl halides is 1. The highest BCUT2D eigenvalue weighted by Gasteiger charge is 2.41. The third kappa shape index (κ3) is 8.34. The summed E-state index contributed by atoms with van der Waals surface area (Å²) in [5.41, 5.74) is 1.75. The van der Waals surface area contributed by atoms with Gasteiger partial charge in [0.25, 0.3) is 0 Å². The molecule has 0 spiro atoms. The smallest absolute Gasteiger partial charge is 0.305 e. The summed E-state index contributed by atoms with van der Waals surface area (Å²) >= 11 is 6.57. The summed E-state index contributed by atoms with van der Waals surface area (Å²) in [5.74, 6) is -0.0603. The summed E-state index contributed by atoms with van der Waals surface area (Å²) in [7, 11) is 0. The van der Waals surface area contributed by atoms with Gasteiger partial charge in [0.05, 0.1) is 12.7 Å². The van der Waals surface area contributed by atoms with Gasteiger partial charge < -0.3 is 14.9 Å². The number of rotatable bonds is 14. The van der Waals surface area contributed by atoms with Crippen LogP contribution in [-0.4, -0.2) is 46.7 Å². The minimum atomic E-state index is -0.497. The summed E-state index contributed by atoms with van der Waals surface area (Å²) in [6.07, 6.45) is 10.4. The van der Waals surface area contributed by atoms with E-state index < -0.39 is 6.10 Å². The molecule has 0 unspecified atom stereocenters. The second kappa shape index (κ2) is 14.5. The maximum absolute atomic E-state index is 12.3. The Hall–Kier alpha value is -1.69. The molecule has 1 aliphatic carbocycles. The maximum Gasteiger partial charge on any atom is 0.305 e. The second-order valence-corrected chi connectivity index (χ2v) is 9.11. The summed E-state index contributed by atoms with van der Waals surface area (Å²) in [6, 6.07) is 7.68. The Morgan fingerprint density at radius 1 is 1.12 bits per heavy atom. The number of unbranched alkanes of at least 4 members (excludes halogenated alkanes) is 3. The molecule has 6 heteroatoms. The van der Waals surface area contributed by atoms with Crippen molar-refractivity contribution in [2.24, 2.45) is 5.92 Å². The molecule has 0 saturated heterocycles. The van der Waals surface area contributed by atoms with Crippen LogP contribution in [0.5, 0.6) is 0 Å². The molecule has 0 heterocycles. The molecule has 0 aromatic heterocycles. The summed E-state index contributed by atoms with van der Waals surface area (Å²) in [5, 5.41) is 19.2. The minimum Gasteiger partial charge on any atom is -0.463 e. The number of benzene rings is 1. The van der Waals surface area contributed by atoms with Crippen molar-refractivity contribution in [3.63, 3.8) is 0 Å². The van der Waals surface area contributed by atoms with Crippen LogP contribution < -0.4 is 0 Å². The van der Waals surface area contributed by atoms with Gasteiger partial charge in [-0.25, -0.2) is 0 Å². The average molecular weight is 465 g/mol. The van der Waals surface area contributed by atoms with E-state index in [1.54, 1.807) is 0 Å². The molecule has 32 heavy (non-hydrogen) atoms. The molecule has 1 aromatic carbocycles. The molecule has 0 radical (unpaired) electrons. The number of carbonyl (C=O) groups excluding carboxylic acids is 2. The number of halogens is 1. The van der Waals surface area contributed by atoms with Crippen molar-refractivity contribution >= 4 is 23.4 Å². The van der Waals surface area contributed by atoms with E-state index in [0.717, 1.165) is 43.2 Å². The second-order valence-electron chi connectivity index (χ2n) is 8.55. The van der Waals surface area contributed by atoms with Crippen molar-refractivity contribution < 1.29 is 24.5 Å². The Morgan fingerprint density at radius 2 is 1.88 bits per heavy atom. The van der Waals surface area contributed by atoms with Crippen LogP contribution in [0.15, 0.2) is 36.4 Å². The third-order valence-electron chi connectivity index (χ3n) is 6.11. The lowest BCUT2D eigenvalue weighted by molar-refractivity contribution is -0.144. The van der Waals surface area contributed by atoms with E-state index in [-0.39, 0.29) is 42.2 Å². The fourth-order valence-electron chi connectivity index (χ4n) is 4.36. The molecule has 0 amide bonds. The first-order chi connectivity index (χ1) is 15.5. The van der Waals surface area contributed by atoms with Crippen LogP contribution in [-0.2, 0) is 9.53 Å². The van der Waals surface area contributed by atoms with Crippen LogP contribution in [0.1, 0.15) is 86.6 Å². The van der Waals surface area contributed by atoms with Crippen molar-refractivity contribution in [1.29, 1.82) is 0 Å². The van der Waals surface area contributed by atoms with Gasteiger partial charge in [-0.1, -0.05) is 56.2 Å². The van der Waals surface area contributed by atoms with Crippen molar-refractivity contribution in [3.05, 3.63) is 47.5 Å². The molecule has 1 saturated carbocycles. The zero-order valence-electron chi connectivity index (χ0n) is 19.0. The highest BCUT2D eigenvalue weighted by Crippen LogP contribution is 2.44. The van der Waals surface area contributed by atoms with Crippen LogP contribution in [0.3, 0.4) is 0 Å². The zero-order chi connectivity index (χ0) is 23.3. The fraction of sp³-hybridized carbons (Fsp3) is 0.615. The Balaban J connectivity index is 1.88. The number of allylic oxidation sites excluding steroid dienone is 2. The van der Waals surface area contributed by atoms with Gasteiger partial charge in [0, 0.05) is 29.7 Å². The van der Waals surface area contributed by atoms with E-state index in [1.807, 2.05) is 30.3 Å². The van der Waals surface area contributed by atoms with Gasteiger partial charge in [-0.2, -0.15) is 0 Å². The molecule has 0 bridgehead atoms. The minimum absolute atomic E-state index is 0.0468. The summed E-state index contributed by atoms with van der Waals surface area (Å²) < 4.78 is 4.84. The molecule has 1 fully saturated rings. The molecule has 4 atom stereocenters. The van der Waals surface area contributed by atoms with Gasteiger partial charge >= 0.3 is 5.97 Å². The third-order valence-corrected chi connectivity index (χ3v) is 6.61. The molecule has 2 rings (SSSR count). The number of hydrogen-bond acceptors (Lipinski definition) is 5. The van der Waals surface area contributed by atoms with Crippen molar-refractivity contribution in [2.45, 2.75) is 82.1 Å². The lowest BCUT2D eigenvalue weighted by Gasteiger charge is -2.23. The van der Waals surface area contributed by atoms with Gasteiger partial charge in [0.15, 0.2) is 5.78 Å². The first kappa shape index (κ1) is 26.6. The molecule has 1 aromatic rings. The van der Waals surface area contributed by atoms with Gasteiger partial charge in [-0.05, 0) is 43.6 Å². The Kier molecular flexibility index (Phi) is 12.0. The lowest BCUT2D eigenvalue weighted by atomic mass is 9.85. The molecular weight excluding hydrogens is 428 g/mol. The molecule has 0 aliphatic heterocycles. The van der Waals surface area contributed by atoms with E-state index in [0.29, 0.717) is 25.7 Å². The van der Waals surface area contributed by atoms with Crippen LogP contribution in [0.2, 0.25) is 0 Å². The van der Waals surface area contributed by atoms with E-state index in [2.05, 4.69) is 13.0 Å². The quantitative estimate of drug-likeness (QED) is 0.130. The van der Waals surface area contributed by atoms with Crippen molar-refractivity contribution in [1.82, 2.24) is 0 Å². The summed E-state index contributed by atoms with van der Waals surface area (Å²) in [4.78, 5) is 23.8. The highest BCUT2D eigenvalue weighted by molar-refractivity contribution is 6.21. The van der Waals surface area contributed by atoms with Crippen LogP contribution in [0, 0.1) is 5.92 Å². The summed E-state index contributed by atoms with van der Waals surface area (Å²) in [6.45, 7) is 2.02. The predicted molar refractivity (Wildman–Crippen MR) is 127 cm³/mol. The van der Waals surface area contributed by atoms with E-state index >= 15 is 0 Å². The lowest BCUT2D eigenvalue weighted by Crippen LogP contribution is -2.18. The SMILES string of the molecule is CCCCCC(=O)c1ccc([C@@H]2[C@@H](CC=CCCCC(=O)OCCO)[C@H](Cl)C[C@H]2O)cc1. The zero-order valence-corrected chi connectivity index (χ0v) is 19.8. The van der Waals surface area contributed by atoms with Crippen LogP contribution in [0.25, 0.3) is 0 Å². The number of aliphatic hydroxyl groups excluding tert-OH is 2. The van der Waals surface area contributed by atoms with E-state index in [4.69, 9.17) is 21.4 Å². The number of Topliss-reactive ketones (excluding diaryl/α,β-unsaturated/α-hetero) is 1. The Morgan fingerprint density at radius 3 is 2.56 bits per heavy atom. The molecule has 5 nitrogen and oxygen atoms in total. The standard InChI is InChI=1S/C26H37ClO5/c1-2-3-6-10-23(29)19-12-14-20(15-13-19)26-21(22(27)18-24(26)30)9-7-4-5-8-11-25(31)32-17-16-28/h4,7,12-15,21-22,24,26,28,30H,2-3,5-6,8-11,16-18H2,1H3/t21-,22+,24+,26+/m0/s1.